The number of aromatic nitrogens is 1. The smallest absolute Gasteiger partial charge is 0.255 e. The van der Waals surface area contributed by atoms with Crippen LogP contribution >= 0.6 is 11.3 Å². The van der Waals surface area contributed by atoms with Crippen molar-refractivity contribution in [3.63, 3.8) is 0 Å². The first-order chi connectivity index (χ1) is 9.54. The van der Waals surface area contributed by atoms with Gasteiger partial charge >= 0.3 is 0 Å². The van der Waals surface area contributed by atoms with Crippen LogP contribution in [0.4, 0.5) is 5.13 Å². The molecule has 1 aromatic carbocycles. The Balaban J connectivity index is 1.88. The summed E-state index contributed by atoms with van der Waals surface area (Å²) < 4.78 is 27.2. The standard InChI is InChI=1S/C14H16N2O2S2/c1-10-5-4-6-11(9-10)20(17,18)16-14-15-12-7-2-3-8-13(12)19-14/h4-6,9H,2-3,7-8H2,1H3,(H,15,16). The highest BCUT2D eigenvalue weighted by atomic mass is 32.2. The summed E-state index contributed by atoms with van der Waals surface area (Å²) in [5.74, 6) is 0. The maximum Gasteiger partial charge on any atom is 0.263 e. The van der Waals surface area contributed by atoms with Crippen LogP contribution < -0.4 is 4.72 Å². The Bertz CT molecular complexity index is 712. The quantitative estimate of drug-likeness (QED) is 0.947. The van der Waals surface area contributed by atoms with Crippen LogP contribution in [0.15, 0.2) is 29.2 Å². The van der Waals surface area contributed by atoms with E-state index in [0.29, 0.717) is 5.13 Å². The number of hydrogen-bond acceptors (Lipinski definition) is 4. The van der Waals surface area contributed by atoms with Gasteiger partial charge in [-0.25, -0.2) is 13.4 Å². The SMILES string of the molecule is Cc1cccc(S(=O)(=O)Nc2nc3c(s2)CCCC3)c1. The second-order valence-corrected chi connectivity index (χ2v) is 7.78. The third-order valence-corrected chi connectivity index (χ3v) is 5.91. The molecule has 6 heteroatoms. The zero-order chi connectivity index (χ0) is 14.2. The largest absolute Gasteiger partial charge is 0.263 e. The van der Waals surface area contributed by atoms with Crippen LogP contribution in [-0.2, 0) is 22.9 Å². The predicted molar refractivity (Wildman–Crippen MR) is 80.7 cm³/mol. The van der Waals surface area contributed by atoms with E-state index in [-0.39, 0.29) is 4.90 Å². The summed E-state index contributed by atoms with van der Waals surface area (Å²) in [6.07, 6.45) is 4.28. The molecule has 1 heterocycles. The first-order valence-corrected chi connectivity index (χ1v) is 8.93. The molecule has 1 aliphatic rings. The van der Waals surface area contributed by atoms with E-state index in [1.807, 2.05) is 13.0 Å². The fourth-order valence-corrected chi connectivity index (χ4v) is 4.74. The highest BCUT2D eigenvalue weighted by molar-refractivity contribution is 7.93. The molecule has 0 radical (unpaired) electrons. The number of nitrogens with zero attached hydrogens (tertiary/aromatic N) is 1. The van der Waals surface area contributed by atoms with Gasteiger partial charge in [-0.1, -0.05) is 12.1 Å². The van der Waals surface area contributed by atoms with Gasteiger partial charge in [0.05, 0.1) is 10.6 Å². The number of hydrogen-bond donors (Lipinski definition) is 1. The fourth-order valence-electron chi connectivity index (χ4n) is 2.35. The number of nitrogens with one attached hydrogen (secondary N) is 1. The monoisotopic (exact) mass is 308 g/mol. The summed E-state index contributed by atoms with van der Waals surface area (Å²) in [4.78, 5) is 5.92. The van der Waals surface area contributed by atoms with E-state index in [9.17, 15) is 8.42 Å². The second kappa shape index (κ2) is 5.18. The van der Waals surface area contributed by atoms with Crippen molar-refractivity contribution in [1.82, 2.24) is 4.98 Å². The molecule has 20 heavy (non-hydrogen) atoms. The maximum atomic E-state index is 12.3. The van der Waals surface area contributed by atoms with Crippen LogP contribution in [0, 0.1) is 6.92 Å². The molecule has 106 valence electrons. The molecular formula is C14H16N2O2S2. The van der Waals surface area contributed by atoms with Gasteiger partial charge in [0.2, 0.25) is 0 Å². The topological polar surface area (TPSA) is 59.1 Å². The van der Waals surface area contributed by atoms with Crippen molar-refractivity contribution in [2.24, 2.45) is 0 Å². The maximum absolute atomic E-state index is 12.3. The number of aryl methyl sites for hydroxylation is 3. The van der Waals surface area contributed by atoms with E-state index >= 15 is 0 Å². The lowest BCUT2D eigenvalue weighted by molar-refractivity contribution is 0.601. The highest BCUT2D eigenvalue weighted by Crippen LogP contribution is 2.30. The Hall–Kier alpha value is -1.40. The third-order valence-electron chi connectivity index (χ3n) is 3.37. The Labute approximate surface area is 122 Å². The summed E-state index contributed by atoms with van der Waals surface area (Å²) >= 11 is 1.46. The fraction of sp³-hybridized carbons (Fsp3) is 0.357. The Morgan fingerprint density at radius 3 is 2.80 bits per heavy atom. The summed E-state index contributed by atoms with van der Waals surface area (Å²) in [5.41, 5.74) is 1.98. The van der Waals surface area contributed by atoms with Crippen molar-refractivity contribution >= 4 is 26.5 Å². The van der Waals surface area contributed by atoms with E-state index in [4.69, 9.17) is 0 Å². The molecule has 2 aromatic rings. The zero-order valence-corrected chi connectivity index (χ0v) is 12.9. The first-order valence-electron chi connectivity index (χ1n) is 6.63. The third kappa shape index (κ3) is 2.71. The number of benzene rings is 1. The Morgan fingerprint density at radius 1 is 1.25 bits per heavy atom. The van der Waals surface area contributed by atoms with E-state index < -0.39 is 10.0 Å². The van der Waals surface area contributed by atoms with Crippen molar-refractivity contribution in [3.05, 3.63) is 40.4 Å². The minimum absolute atomic E-state index is 0.283. The van der Waals surface area contributed by atoms with Crippen molar-refractivity contribution in [1.29, 1.82) is 0 Å². The van der Waals surface area contributed by atoms with Gasteiger partial charge in [0.1, 0.15) is 0 Å². The van der Waals surface area contributed by atoms with Crippen LogP contribution in [0.25, 0.3) is 0 Å². The lowest BCUT2D eigenvalue weighted by Crippen LogP contribution is -2.12. The minimum atomic E-state index is -3.54. The minimum Gasteiger partial charge on any atom is -0.255 e. The van der Waals surface area contributed by atoms with Crippen molar-refractivity contribution in [2.75, 3.05) is 4.72 Å². The van der Waals surface area contributed by atoms with Gasteiger partial charge in [0.15, 0.2) is 5.13 Å². The summed E-state index contributed by atoms with van der Waals surface area (Å²) in [6.45, 7) is 1.88. The molecule has 0 saturated carbocycles. The number of thiazole rings is 1. The van der Waals surface area contributed by atoms with Gasteiger partial charge in [-0.15, -0.1) is 11.3 Å². The number of fused-ring (bicyclic) bond motifs is 1. The van der Waals surface area contributed by atoms with Crippen LogP contribution in [0.3, 0.4) is 0 Å². The van der Waals surface area contributed by atoms with E-state index in [2.05, 4.69) is 9.71 Å². The van der Waals surface area contributed by atoms with E-state index in [1.54, 1.807) is 18.2 Å². The lowest BCUT2D eigenvalue weighted by atomic mass is 10.0. The number of anilines is 1. The van der Waals surface area contributed by atoms with Gasteiger partial charge in [0, 0.05) is 4.88 Å². The van der Waals surface area contributed by atoms with Gasteiger partial charge in [-0.3, -0.25) is 4.72 Å². The van der Waals surface area contributed by atoms with E-state index in [0.717, 1.165) is 30.5 Å². The van der Waals surface area contributed by atoms with Crippen molar-refractivity contribution < 1.29 is 8.42 Å². The van der Waals surface area contributed by atoms with Crippen molar-refractivity contribution in [3.8, 4) is 0 Å². The summed E-state index contributed by atoms with van der Waals surface area (Å²) in [5, 5.41) is 0.485. The molecule has 4 nitrogen and oxygen atoms in total. The molecule has 3 rings (SSSR count). The molecule has 0 spiro atoms. The molecule has 0 unspecified atom stereocenters. The second-order valence-electron chi connectivity index (χ2n) is 5.02. The van der Waals surface area contributed by atoms with E-state index in [1.165, 1.54) is 22.6 Å². The lowest BCUT2D eigenvalue weighted by Gasteiger charge is -2.06. The molecule has 0 aliphatic heterocycles. The molecule has 0 saturated heterocycles. The molecule has 1 N–H and O–H groups in total. The molecule has 1 aliphatic carbocycles. The molecule has 0 fully saturated rings. The van der Waals surface area contributed by atoms with Crippen LogP contribution in [-0.4, -0.2) is 13.4 Å². The molecule has 0 atom stereocenters. The number of sulfonamides is 1. The van der Waals surface area contributed by atoms with Crippen molar-refractivity contribution in [2.45, 2.75) is 37.5 Å². The van der Waals surface area contributed by atoms with Crippen LogP contribution in [0.2, 0.25) is 0 Å². The van der Waals surface area contributed by atoms with Gasteiger partial charge in [0.25, 0.3) is 10.0 Å². The Kier molecular flexibility index (Phi) is 3.52. The molecule has 1 aromatic heterocycles. The number of rotatable bonds is 3. The summed E-state index contributed by atoms with van der Waals surface area (Å²) in [6, 6.07) is 6.89. The Morgan fingerprint density at radius 2 is 2.05 bits per heavy atom. The van der Waals surface area contributed by atoms with Crippen LogP contribution in [0.1, 0.15) is 29.0 Å². The highest BCUT2D eigenvalue weighted by Gasteiger charge is 2.20. The predicted octanol–water partition coefficient (Wildman–Crippen LogP) is 3.13. The molecule has 0 amide bonds. The van der Waals surface area contributed by atoms with Gasteiger partial charge in [-0.2, -0.15) is 0 Å². The average molecular weight is 308 g/mol. The molecule has 0 bridgehead atoms. The van der Waals surface area contributed by atoms with Crippen LogP contribution in [0.5, 0.6) is 0 Å². The van der Waals surface area contributed by atoms with Gasteiger partial charge in [-0.05, 0) is 50.3 Å². The normalized spacial score (nSPS) is 14.8. The average Bonchev–Trinajstić information content (AvgIpc) is 2.80. The molecular weight excluding hydrogens is 292 g/mol. The summed E-state index contributed by atoms with van der Waals surface area (Å²) in [7, 11) is -3.54. The zero-order valence-electron chi connectivity index (χ0n) is 11.2. The van der Waals surface area contributed by atoms with Gasteiger partial charge < -0.3 is 0 Å². The first kappa shape index (κ1) is 13.6.